The van der Waals surface area contributed by atoms with Crippen molar-refractivity contribution in [2.45, 2.75) is 64.9 Å². The molecule has 0 amide bonds. The molecule has 0 fully saturated rings. The van der Waals surface area contributed by atoms with E-state index < -0.39 is 10.0 Å². The van der Waals surface area contributed by atoms with Crippen LogP contribution in [0.25, 0.3) is 0 Å². The van der Waals surface area contributed by atoms with Crippen LogP contribution in [0.5, 0.6) is 11.5 Å². The highest BCUT2D eigenvalue weighted by atomic mass is 32.2. The Labute approximate surface area is 152 Å². The maximum absolute atomic E-state index is 12.4. The lowest BCUT2D eigenvalue weighted by Crippen LogP contribution is -2.38. The van der Waals surface area contributed by atoms with Gasteiger partial charge in [0.25, 0.3) is 0 Å². The minimum atomic E-state index is -3.32. The Bertz CT molecular complexity index is 670. The molecule has 1 unspecified atom stereocenters. The number of benzene rings is 1. The van der Waals surface area contributed by atoms with E-state index in [1.165, 1.54) is 0 Å². The van der Waals surface area contributed by atoms with Crippen LogP contribution in [0, 0.1) is 0 Å². The highest BCUT2D eigenvalue weighted by Gasteiger charge is 2.36. The van der Waals surface area contributed by atoms with E-state index in [1.807, 2.05) is 39.0 Å². The van der Waals surface area contributed by atoms with Crippen molar-refractivity contribution >= 4 is 10.0 Å². The first-order valence-electron chi connectivity index (χ1n) is 9.19. The summed E-state index contributed by atoms with van der Waals surface area (Å²) in [5, 5.41) is 0. The Kier molecular flexibility index (Phi) is 6.74. The fraction of sp³-hybridized carbons (Fsp3) is 0.684. The van der Waals surface area contributed by atoms with Crippen molar-refractivity contribution in [2.75, 3.05) is 18.9 Å². The van der Waals surface area contributed by atoms with Crippen molar-refractivity contribution in [3.05, 3.63) is 23.8 Å². The van der Waals surface area contributed by atoms with E-state index in [-0.39, 0.29) is 17.3 Å². The van der Waals surface area contributed by atoms with Crippen molar-refractivity contribution in [1.82, 2.24) is 4.72 Å². The first kappa shape index (κ1) is 20.0. The zero-order valence-corrected chi connectivity index (χ0v) is 16.6. The number of hydrogen-bond acceptors (Lipinski definition) is 4. The molecule has 0 spiro atoms. The molecule has 0 saturated heterocycles. The molecule has 1 aliphatic rings. The summed E-state index contributed by atoms with van der Waals surface area (Å²) in [6, 6.07) is 5.74. The van der Waals surface area contributed by atoms with E-state index in [2.05, 4.69) is 11.6 Å². The molecule has 25 heavy (non-hydrogen) atoms. The first-order chi connectivity index (χ1) is 11.8. The van der Waals surface area contributed by atoms with Crippen LogP contribution in [0.3, 0.4) is 0 Å². The SMILES string of the molecule is CCCCOc1ccc2c(c1)C(CS(=O)(=O)NCCC)CC(C)(C)O2. The summed E-state index contributed by atoms with van der Waals surface area (Å²) in [5.41, 5.74) is 0.540. The average molecular weight is 370 g/mol. The van der Waals surface area contributed by atoms with E-state index >= 15 is 0 Å². The molecule has 1 aliphatic heterocycles. The van der Waals surface area contributed by atoms with Gasteiger partial charge in [0.1, 0.15) is 17.1 Å². The van der Waals surface area contributed by atoms with Gasteiger partial charge in [0.15, 0.2) is 0 Å². The van der Waals surface area contributed by atoms with Gasteiger partial charge < -0.3 is 9.47 Å². The number of fused-ring (bicyclic) bond motifs is 1. The van der Waals surface area contributed by atoms with Crippen LogP contribution in [0.1, 0.15) is 64.9 Å². The summed E-state index contributed by atoms with van der Waals surface area (Å²) in [5.74, 6) is 1.50. The molecule has 1 heterocycles. The van der Waals surface area contributed by atoms with Gasteiger partial charge in [0.2, 0.25) is 10.0 Å². The maximum atomic E-state index is 12.4. The lowest BCUT2D eigenvalue weighted by atomic mass is 9.85. The second-order valence-electron chi connectivity index (χ2n) is 7.34. The van der Waals surface area contributed by atoms with E-state index in [1.54, 1.807) is 0 Å². The monoisotopic (exact) mass is 369 g/mol. The second-order valence-corrected chi connectivity index (χ2v) is 9.19. The lowest BCUT2D eigenvalue weighted by molar-refractivity contribution is 0.0748. The molecule has 142 valence electrons. The van der Waals surface area contributed by atoms with Crippen molar-refractivity contribution in [1.29, 1.82) is 0 Å². The number of rotatable bonds is 9. The van der Waals surface area contributed by atoms with Crippen LogP contribution in [0.2, 0.25) is 0 Å². The predicted molar refractivity (Wildman–Crippen MR) is 101 cm³/mol. The fourth-order valence-electron chi connectivity index (χ4n) is 3.14. The van der Waals surface area contributed by atoms with Gasteiger partial charge in [0.05, 0.1) is 12.4 Å². The number of nitrogens with one attached hydrogen (secondary N) is 1. The Balaban J connectivity index is 2.24. The predicted octanol–water partition coefficient (Wildman–Crippen LogP) is 3.84. The van der Waals surface area contributed by atoms with Crippen LogP contribution >= 0.6 is 0 Å². The van der Waals surface area contributed by atoms with E-state index in [0.717, 1.165) is 36.3 Å². The minimum Gasteiger partial charge on any atom is -0.494 e. The van der Waals surface area contributed by atoms with E-state index in [9.17, 15) is 8.42 Å². The van der Waals surface area contributed by atoms with Crippen molar-refractivity contribution < 1.29 is 17.9 Å². The van der Waals surface area contributed by atoms with Crippen LogP contribution in [0.15, 0.2) is 18.2 Å². The highest BCUT2D eigenvalue weighted by molar-refractivity contribution is 7.89. The summed E-state index contributed by atoms with van der Waals surface area (Å²) in [4.78, 5) is 0. The Morgan fingerprint density at radius 1 is 1.28 bits per heavy atom. The molecule has 0 aromatic heterocycles. The average Bonchev–Trinajstić information content (AvgIpc) is 2.52. The van der Waals surface area contributed by atoms with Crippen molar-refractivity contribution in [3.63, 3.8) is 0 Å². The molecular formula is C19H31NO4S. The largest absolute Gasteiger partial charge is 0.494 e. The van der Waals surface area contributed by atoms with Crippen molar-refractivity contribution in [3.8, 4) is 11.5 Å². The van der Waals surface area contributed by atoms with Crippen LogP contribution < -0.4 is 14.2 Å². The molecular weight excluding hydrogens is 338 g/mol. The molecule has 1 aromatic rings. The van der Waals surface area contributed by atoms with Gasteiger partial charge in [-0.1, -0.05) is 20.3 Å². The van der Waals surface area contributed by atoms with Gasteiger partial charge in [-0.05, 0) is 51.3 Å². The Morgan fingerprint density at radius 3 is 2.72 bits per heavy atom. The number of ether oxygens (including phenoxy) is 2. The quantitative estimate of drug-likeness (QED) is 0.672. The summed E-state index contributed by atoms with van der Waals surface area (Å²) >= 11 is 0. The molecule has 2 rings (SSSR count). The zero-order valence-electron chi connectivity index (χ0n) is 15.8. The normalized spacial score (nSPS) is 19.1. The summed E-state index contributed by atoms with van der Waals surface area (Å²) in [6.07, 6.45) is 3.52. The van der Waals surface area contributed by atoms with Gasteiger partial charge in [-0.3, -0.25) is 0 Å². The zero-order chi connectivity index (χ0) is 18.5. The third-order valence-corrected chi connectivity index (χ3v) is 5.79. The highest BCUT2D eigenvalue weighted by Crippen LogP contribution is 2.42. The second kappa shape index (κ2) is 8.41. The maximum Gasteiger partial charge on any atom is 0.212 e. The smallest absolute Gasteiger partial charge is 0.212 e. The number of hydrogen-bond donors (Lipinski definition) is 1. The van der Waals surface area contributed by atoms with Crippen molar-refractivity contribution in [2.24, 2.45) is 0 Å². The first-order valence-corrected chi connectivity index (χ1v) is 10.8. The van der Waals surface area contributed by atoms with Gasteiger partial charge >= 0.3 is 0 Å². The van der Waals surface area contributed by atoms with E-state index in [4.69, 9.17) is 9.47 Å². The van der Waals surface area contributed by atoms with Crippen LogP contribution in [0.4, 0.5) is 0 Å². The minimum absolute atomic E-state index is 0.0746. The molecule has 0 aliphatic carbocycles. The molecule has 0 saturated carbocycles. The Morgan fingerprint density at radius 2 is 2.04 bits per heavy atom. The molecule has 1 atom stereocenters. The number of unbranched alkanes of at least 4 members (excludes halogenated alkanes) is 1. The molecule has 0 bridgehead atoms. The third-order valence-electron chi connectivity index (χ3n) is 4.30. The summed E-state index contributed by atoms with van der Waals surface area (Å²) < 4.78 is 39.3. The lowest BCUT2D eigenvalue weighted by Gasteiger charge is -2.37. The molecule has 1 N–H and O–H groups in total. The number of sulfonamides is 1. The summed E-state index contributed by atoms with van der Waals surface area (Å²) in [6.45, 7) is 9.22. The van der Waals surface area contributed by atoms with Crippen LogP contribution in [-0.2, 0) is 10.0 Å². The fourth-order valence-corrected chi connectivity index (χ4v) is 4.60. The molecule has 0 radical (unpaired) electrons. The van der Waals surface area contributed by atoms with Crippen LogP contribution in [-0.4, -0.2) is 32.9 Å². The summed E-state index contributed by atoms with van der Waals surface area (Å²) in [7, 11) is -3.32. The topological polar surface area (TPSA) is 64.6 Å². The standard InChI is InChI=1S/C19H31NO4S/c1-5-7-11-23-16-8-9-18-17(12-16)15(13-19(3,4)24-18)14-25(21,22)20-10-6-2/h8-9,12,15,20H,5-7,10-11,13-14H2,1-4H3. The van der Waals surface area contributed by atoms with Gasteiger partial charge in [0, 0.05) is 18.0 Å². The molecule has 6 heteroatoms. The molecule has 5 nitrogen and oxygen atoms in total. The van der Waals surface area contributed by atoms with E-state index in [0.29, 0.717) is 19.6 Å². The molecule has 1 aromatic carbocycles. The van der Waals surface area contributed by atoms with Gasteiger partial charge in [-0.15, -0.1) is 0 Å². The van der Waals surface area contributed by atoms with Gasteiger partial charge in [-0.2, -0.15) is 0 Å². The van der Waals surface area contributed by atoms with Gasteiger partial charge in [-0.25, -0.2) is 13.1 Å². The third kappa shape index (κ3) is 5.89. The Hall–Kier alpha value is -1.27.